The summed E-state index contributed by atoms with van der Waals surface area (Å²) in [4.78, 5) is 62.0. The molecule has 0 aromatic heterocycles. The van der Waals surface area contributed by atoms with Crippen molar-refractivity contribution in [3.05, 3.63) is 59.7 Å². The molecule has 3 rings (SSSR count). The van der Waals surface area contributed by atoms with Gasteiger partial charge in [-0.25, -0.2) is 9.59 Å². The maximum atomic E-state index is 12.5. The Morgan fingerprint density at radius 1 is 0.848 bits per heavy atom. The van der Waals surface area contributed by atoms with Crippen molar-refractivity contribution in [1.82, 2.24) is 16.0 Å². The van der Waals surface area contributed by atoms with Gasteiger partial charge in [0, 0.05) is 31.5 Å². The van der Waals surface area contributed by atoms with Crippen molar-refractivity contribution in [3.63, 3.8) is 0 Å². The van der Waals surface area contributed by atoms with E-state index in [-0.39, 0.29) is 32.0 Å². The number of fused-ring (bicyclic) bond motifs is 3. The lowest BCUT2D eigenvalue weighted by Gasteiger charge is -2.29. The van der Waals surface area contributed by atoms with Crippen LogP contribution in [0.4, 0.5) is 9.59 Å². The third-order valence-electron chi connectivity index (χ3n) is 7.50. The van der Waals surface area contributed by atoms with Gasteiger partial charge in [-0.2, -0.15) is 0 Å². The summed E-state index contributed by atoms with van der Waals surface area (Å²) in [6, 6.07) is 15.7. The number of nitrogens with one attached hydrogen (secondary N) is 3. The van der Waals surface area contributed by atoms with E-state index in [2.05, 4.69) is 28.1 Å². The van der Waals surface area contributed by atoms with Gasteiger partial charge in [-0.1, -0.05) is 48.5 Å². The minimum atomic E-state index is -5.53. The minimum absolute atomic E-state index is 0.0398. The minimum Gasteiger partial charge on any atom is -0.449 e. The number of amides is 2. The molecule has 1 atom stereocenters. The number of unbranched alkanes of at least 4 members (excludes halogenated alkanes) is 1. The number of alkyl carbamates (subject to hydrolysis) is 2. The first kappa shape index (κ1) is 37.7. The topological polar surface area (TPSA) is 224 Å². The zero-order valence-corrected chi connectivity index (χ0v) is 28.0. The van der Waals surface area contributed by atoms with Gasteiger partial charge in [0.15, 0.2) is 0 Å². The highest BCUT2D eigenvalue weighted by Gasteiger charge is 2.58. The number of hydrogen-bond acceptors (Lipinski definition) is 8. The normalized spacial score (nSPS) is 14.3. The van der Waals surface area contributed by atoms with Crippen molar-refractivity contribution in [2.45, 2.75) is 75.5 Å². The molecule has 2 amide bonds. The van der Waals surface area contributed by atoms with Gasteiger partial charge < -0.3 is 50.1 Å². The van der Waals surface area contributed by atoms with E-state index in [9.17, 15) is 43.4 Å². The van der Waals surface area contributed by atoms with E-state index in [0.717, 1.165) is 22.3 Å². The van der Waals surface area contributed by atoms with E-state index in [1.54, 1.807) is 20.8 Å². The van der Waals surface area contributed by atoms with Crippen LogP contribution in [0.2, 0.25) is 0 Å². The van der Waals surface area contributed by atoms with Crippen LogP contribution < -0.4 is 16.0 Å². The molecular weight excluding hydrogens is 640 g/mol. The first-order chi connectivity index (χ1) is 21.4. The van der Waals surface area contributed by atoms with Crippen molar-refractivity contribution in [2.24, 2.45) is 0 Å². The Balaban J connectivity index is 1.44. The van der Waals surface area contributed by atoms with Crippen molar-refractivity contribution >= 4 is 27.4 Å². The summed E-state index contributed by atoms with van der Waals surface area (Å²) in [5, 5.41) is 15.0. The first-order valence-corrected chi connectivity index (χ1v) is 18.3. The maximum absolute atomic E-state index is 12.5. The van der Waals surface area contributed by atoms with Crippen molar-refractivity contribution in [1.29, 1.82) is 0 Å². The summed E-state index contributed by atoms with van der Waals surface area (Å²) in [6.45, 7) is 5.94. The molecule has 2 aromatic carbocycles. The summed E-state index contributed by atoms with van der Waals surface area (Å²) < 4.78 is 34.0. The van der Waals surface area contributed by atoms with Crippen molar-refractivity contribution < 1.29 is 52.9 Å². The number of aliphatic hydroxyl groups is 1. The number of carbonyl (C=O) groups excluding carboxylic acids is 2. The highest BCUT2D eigenvalue weighted by Crippen LogP contribution is 2.69. The predicted octanol–water partition coefficient (Wildman–Crippen LogP) is 3.96. The summed E-state index contributed by atoms with van der Waals surface area (Å²) in [5.41, 5.74) is 3.78. The largest absolute Gasteiger partial charge is 0.449 e. The molecular formula is C30H45N3O11P2. The molecule has 1 aliphatic carbocycles. The van der Waals surface area contributed by atoms with Gasteiger partial charge in [-0.05, 0) is 75.3 Å². The molecule has 0 spiro atoms. The molecule has 14 nitrogen and oxygen atoms in total. The summed E-state index contributed by atoms with van der Waals surface area (Å²) >= 11 is 0. The van der Waals surface area contributed by atoms with E-state index >= 15 is 0 Å². The lowest BCUT2D eigenvalue weighted by Crippen LogP contribution is -2.44. The van der Waals surface area contributed by atoms with Crippen molar-refractivity contribution in [2.75, 3.05) is 26.2 Å². The Morgan fingerprint density at radius 2 is 1.41 bits per heavy atom. The smallest absolute Gasteiger partial charge is 0.407 e. The molecule has 0 radical (unpaired) electrons. The van der Waals surface area contributed by atoms with Gasteiger partial charge in [0.1, 0.15) is 12.2 Å². The van der Waals surface area contributed by atoms with Gasteiger partial charge in [0.2, 0.25) is 0 Å². The Hall–Kier alpha value is -2.80. The molecule has 0 bridgehead atoms. The number of carbonyl (C=O) groups is 2. The lowest BCUT2D eigenvalue weighted by atomic mass is 9.98. The van der Waals surface area contributed by atoms with Crippen LogP contribution in [0.5, 0.6) is 0 Å². The Labute approximate surface area is 268 Å². The van der Waals surface area contributed by atoms with Crippen LogP contribution in [0.1, 0.15) is 69.9 Å². The van der Waals surface area contributed by atoms with E-state index in [4.69, 9.17) is 9.47 Å². The zero-order valence-electron chi connectivity index (χ0n) is 26.2. The molecule has 256 valence electrons. The van der Waals surface area contributed by atoms with Crippen LogP contribution in [0.3, 0.4) is 0 Å². The zero-order chi connectivity index (χ0) is 34.2. The van der Waals surface area contributed by atoms with E-state index < -0.39 is 50.5 Å². The first-order valence-electron chi connectivity index (χ1n) is 15.1. The molecule has 0 heterocycles. The van der Waals surface area contributed by atoms with Crippen LogP contribution in [-0.4, -0.2) is 79.8 Å². The Bertz CT molecular complexity index is 1370. The number of benzene rings is 2. The SMILES string of the molecule is CC(C)(C)OC(=O)N[C@@H](CCCCNC(=O)OCC1c2ccccc2-c2ccccc21)CNCCCC(O)(P(=O)(O)O)P(=O)(O)O. The second kappa shape index (κ2) is 15.9. The number of ether oxygens (including phenoxy) is 2. The molecule has 8 N–H and O–H groups in total. The van der Waals surface area contributed by atoms with Gasteiger partial charge in [-0.3, -0.25) is 9.13 Å². The monoisotopic (exact) mass is 685 g/mol. The molecule has 16 heteroatoms. The Morgan fingerprint density at radius 3 is 1.96 bits per heavy atom. The third-order valence-corrected chi connectivity index (χ3v) is 11.4. The van der Waals surface area contributed by atoms with E-state index in [0.29, 0.717) is 25.8 Å². The highest BCUT2D eigenvalue weighted by molar-refractivity contribution is 7.72. The van der Waals surface area contributed by atoms with Crippen LogP contribution in [-0.2, 0) is 18.6 Å². The summed E-state index contributed by atoms with van der Waals surface area (Å²) in [6.07, 6.45) is -0.536. The molecule has 0 unspecified atom stereocenters. The van der Waals surface area contributed by atoms with E-state index in [1.807, 2.05) is 36.4 Å². The van der Waals surface area contributed by atoms with E-state index in [1.165, 1.54) is 0 Å². The van der Waals surface area contributed by atoms with Crippen LogP contribution in [0.25, 0.3) is 11.1 Å². The number of rotatable bonds is 16. The fourth-order valence-corrected chi connectivity index (χ4v) is 7.50. The fourth-order valence-electron chi connectivity index (χ4n) is 5.24. The van der Waals surface area contributed by atoms with Crippen LogP contribution in [0.15, 0.2) is 48.5 Å². The van der Waals surface area contributed by atoms with Crippen LogP contribution in [0, 0.1) is 0 Å². The molecule has 0 aliphatic heterocycles. The predicted molar refractivity (Wildman–Crippen MR) is 171 cm³/mol. The second-order valence-electron chi connectivity index (χ2n) is 12.3. The molecule has 0 saturated heterocycles. The average Bonchev–Trinajstić information content (AvgIpc) is 3.26. The quantitative estimate of drug-likeness (QED) is 0.0929. The molecule has 0 saturated carbocycles. The Kier molecular flexibility index (Phi) is 13.0. The molecule has 46 heavy (non-hydrogen) atoms. The standard InChI is InChI=1S/C30H45N3O11P2/c1-29(2,3)44-28(35)33-21(19-31-17-10-16-30(36,45(37,38)39)46(40,41)42)11-8-9-18-32-27(34)43-20-26-24-14-6-4-12-22(24)23-13-5-7-15-25(23)26/h4-7,12-15,21,26,31,36H,8-11,16-20H2,1-3H3,(H,32,34)(H,33,35)(H2,37,38,39)(H2,40,41,42)/t21-/m0/s1. The van der Waals surface area contributed by atoms with Gasteiger partial charge in [0.25, 0.3) is 5.08 Å². The van der Waals surface area contributed by atoms with Gasteiger partial charge in [0.05, 0.1) is 0 Å². The summed E-state index contributed by atoms with van der Waals surface area (Å²) in [5.74, 6) is -0.0484. The third kappa shape index (κ3) is 10.4. The molecule has 1 aliphatic rings. The highest BCUT2D eigenvalue weighted by atomic mass is 31.2. The molecule has 0 fully saturated rings. The average molecular weight is 686 g/mol. The molecule has 2 aromatic rings. The summed E-state index contributed by atoms with van der Waals surface area (Å²) in [7, 11) is -11.1. The second-order valence-corrected chi connectivity index (χ2v) is 16.3. The van der Waals surface area contributed by atoms with Gasteiger partial charge in [-0.15, -0.1) is 0 Å². The van der Waals surface area contributed by atoms with Crippen LogP contribution >= 0.6 is 15.2 Å². The fraction of sp³-hybridized carbons (Fsp3) is 0.533. The maximum Gasteiger partial charge on any atom is 0.407 e. The lowest BCUT2D eigenvalue weighted by molar-refractivity contribution is 0.0500. The van der Waals surface area contributed by atoms with Gasteiger partial charge >= 0.3 is 27.4 Å². The number of hydrogen-bond donors (Lipinski definition) is 8. The van der Waals surface area contributed by atoms with Crippen molar-refractivity contribution in [3.8, 4) is 11.1 Å².